The van der Waals surface area contributed by atoms with E-state index in [0.29, 0.717) is 18.4 Å². The van der Waals surface area contributed by atoms with Crippen molar-refractivity contribution in [2.75, 3.05) is 0 Å². The van der Waals surface area contributed by atoms with Gasteiger partial charge in [-0.1, -0.05) is 53.7 Å². The van der Waals surface area contributed by atoms with Crippen molar-refractivity contribution >= 4 is 11.7 Å². The number of carbonyl (C=O) groups excluding carboxylic acids is 1. The van der Waals surface area contributed by atoms with E-state index in [0.717, 1.165) is 18.4 Å². The number of carbonyl (C=O) groups is 1. The van der Waals surface area contributed by atoms with Gasteiger partial charge in [-0.15, -0.1) is 6.58 Å². The molecule has 0 bridgehead atoms. The number of rotatable bonds is 8. The van der Waals surface area contributed by atoms with Gasteiger partial charge in [0.15, 0.2) is 0 Å². The van der Waals surface area contributed by atoms with Crippen LogP contribution in [0.4, 0.5) is 13.2 Å². The number of hydrogen-bond acceptors (Lipinski definition) is 3. The zero-order chi connectivity index (χ0) is 17.3. The van der Waals surface area contributed by atoms with Gasteiger partial charge in [-0.2, -0.15) is 13.2 Å². The molecule has 0 radical (unpaired) electrons. The summed E-state index contributed by atoms with van der Waals surface area (Å²) in [7, 11) is 0. The van der Waals surface area contributed by atoms with Gasteiger partial charge in [-0.05, 0) is 31.2 Å². The highest BCUT2D eigenvalue weighted by Crippen LogP contribution is 2.18. The fraction of sp³-hybridized carbons (Fsp3) is 0.294. The quantitative estimate of drug-likeness (QED) is 0.298. The number of allylic oxidation sites excluding steroid dienone is 2. The van der Waals surface area contributed by atoms with Crippen molar-refractivity contribution in [2.24, 2.45) is 5.16 Å². The van der Waals surface area contributed by atoms with E-state index in [2.05, 4.69) is 23.2 Å². The zero-order valence-electron chi connectivity index (χ0n) is 12.6. The largest absolute Gasteiger partial charge is 0.493 e. The molecular formula is C17H18F3NO2. The van der Waals surface area contributed by atoms with Gasteiger partial charge >= 0.3 is 12.1 Å². The summed E-state index contributed by atoms with van der Waals surface area (Å²) in [5.74, 6) is -2.34. The van der Waals surface area contributed by atoms with Crippen molar-refractivity contribution in [3.05, 3.63) is 60.7 Å². The number of oxime groups is 1. The maximum Gasteiger partial charge on any atom is 0.493 e. The molecule has 0 atom stereocenters. The highest BCUT2D eigenvalue weighted by molar-refractivity contribution is 6.00. The summed E-state index contributed by atoms with van der Waals surface area (Å²) in [4.78, 5) is 14.8. The number of benzene rings is 1. The number of alkyl halides is 3. The van der Waals surface area contributed by atoms with E-state index >= 15 is 0 Å². The van der Waals surface area contributed by atoms with Gasteiger partial charge in [0.25, 0.3) is 0 Å². The lowest BCUT2D eigenvalue weighted by molar-refractivity contribution is -0.199. The van der Waals surface area contributed by atoms with Crippen LogP contribution in [0, 0.1) is 0 Å². The van der Waals surface area contributed by atoms with Crippen molar-refractivity contribution < 1.29 is 22.8 Å². The number of nitrogens with zero attached hydrogens (tertiary/aromatic N) is 1. The van der Waals surface area contributed by atoms with E-state index < -0.39 is 12.1 Å². The second-order valence-electron chi connectivity index (χ2n) is 4.86. The predicted molar refractivity (Wildman–Crippen MR) is 82.9 cm³/mol. The summed E-state index contributed by atoms with van der Waals surface area (Å²) in [6.45, 7) is 7.52. The molecule has 0 aliphatic heterocycles. The van der Waals surface area contributed by atoms with Crippen LogP contribution in [0.2, 0.25) is 0 Å². The summed E-state index contributed by atoms with van der Waals surface area (Å²) < 4.78 is 36.6. The van der Waals surface area contributed by atoms with E-state index in [9.17, 15) is 18.0 Å². The molecule has 0 aliphatic rings. The molecule has 0 saturated carbocycles. The van der Waals surface area contributed by atoms with Crippen LogP contribution >= 0.6 is 0 Å². The lowest BCUT2D eigenvalue weighted by atomic mass is 10.0. The lowest BCUT2D eigenvalue weighted by Gasteiger charge is -2.08. The molecule has 6 heteroatoms. The zero-order valence-corrected chi connectivity index (χ0v) is 12.6. The molecule has 1 aromatic rings. The first-order chi connectivity index (χ1) is 10.8. The predicted octanol–water partition coefficient (Wildman–Crippen LogP) is 4.80. The van der Waals surface area contributed by atoms with Gasteiger partial charge in [-0.3, -0.25) is 0 Å². The highest BCUT2D eigenvalue weighted by Gasteiger charge is 2.41. The first-order valence-corrected chi connectivity index (χ1v) is 7.02. The first kappa shape index (κ1) is 18.7. The van der Waals surface area contributed by atoms with Crippen molar-refractivity contribution in [1.29, 1.82) is 0 Å². The number of hydrogen-bond donors (Lipinski definition) is 0. The van der Waals surface area contributed by atoms with Crippen molar-refractivity contribution in [1.82, 2.24) is 0 Å². The Kier molecular flexibility index (Phi) is 7.25. The third-order valence-electron chi connectivity index (χ3n) is 2.99. The van der Waals surface area contributed by atoms with Crippen molar-refractivity contribution in [3.8, 4) is 0 Å². The van der Waals surface area contributed by atoms with Gasteiger partial charge in [0.2, 0.25) is 0 Å². The van der Waals surface area contributed by atoms with Crippen LogP contribution in [0.5, 0.6) is 0 Å². The molecule has 3 nitrogen and oxygen atoms in total. The third-order valence-corrected chi connectivity index (χ3v) is 2.99. The molecule has 0 N–H and O–H groups in total. The van der Waals surface area contributed by atoms with Gasteiger partial charge in [0.05, 0.1) is 5.71 Å². The van der Waals surface area contributed by atoms with E-state index in [1.807, 2.05) is 0 Å². The van der Waals surface area contributed by atoms with Crippen LogP contribution in [-0.4, -0.2) is 17.9 Å². The molecule has 0 fully saturated rings. The Bertz CT molecular complexity index is 577. The Labute approximate surface area is 133 Å². The van der Waals surface area contributed by atoms with Gasteiger partial charge in [0.1, 0.15) is 0 Å². The first-order valence-electron chi connectivity index (χ1n) is 7.02. The van der Waals surface area contributed by atoms with Crippen LogP contribution in [0.1, 0.15) is 31.2 Å². The van der Waals surface area contributed by atoms with E-state index in [-0.39, 0.29) is 5.71 Å². The fourth-order valence-electron chi connectivity index (χ4n) is 1.75. The van der Waals surface area contributed by atoms with Crippen LogP contribution in [0.25, 0.3) is 0 Å². The molecule has 1 aromatic carbocycles. The topological polar surface area (TPSA) is 38.7 Å². The van der Waals surface area contributed by atoms with Crippen molar-refractivity contribution in [3.63, 3.8) is 0 Å². The molecule has 0 aliphatic carbocycles. The Balaban J connectivity index is 2.80. The standard InChI is InChI=1S/C17H18F3NO2/c1-3-4-8-13(2)11-12-15(14-9-6-5-7-10-14)21-23-16(22)17(18,19)20/h3,5-7,9-10H,1-2,4,8,11-12H2/b21-15+. The van der Waals surface area contributed by atoms with Crippen molar-refractivity contribution in [2.45, 2.75) is 31.9 Å². The van der Waals surface area contributed by atoms with E-state index in [1.54, 1.807) is 36.4 Å². The molecular weight excluding hydrogens is 307 g/mol. The molecule has 23 heavy (non-hydrogen) atoms. The average molecular weight is 325 g/mol. The molecule has 0 spiro atoms. The molecule has 0 saturated heterocycles. The SMILES string of the molecule is C=CCCC(=C)CC/C(=N\OC(=O)C(F)(F)F)c1ccccc1. The molecule has 1 rings (SSSR count). The normalized spacial score (nSPS) is 11.9. The molecule has 124 valence electrons. The molecule has 0 amide bonds. The highest BCUT2D eigenvalue weighted by atomic mass is 19.4. The van der Waals surface area contributed by atoms with Crippen LogP contribution in [0.3, 0.4) is 0 Å². The second kappa shape index (κ2) is 8.92. The molecule has 0 aromatic heterocycles. The number of halogens is 3. The minimum Gasteiger partial charge on any atom is -0.309 e. The van der Waals surface area contributed by atoms with Crippen LogP contribution in [0.15, 0.2) is 60.3 Å². The third kappa shape index (κ3) is 6.95. The summed E-state index contributed by atoms with van der Waals surface area (Å²) in [5.41, 5.74) is 1.79. The Morgan fingerprint density at radius 2 is 1.83 bits per heavy atom. The maximum absolute atomic E-state index is 12.2. The van der Waals surface area contributed by atoms with E-state index in [4.69, 9.17) is 0 Å². The lowest BCUT2D eigenvalue weighted by Crippen LogP contribution is -2.24. The average Bonchev–Trinajstić information content (AvgIpc) is 2.52. The monoisotopic (exact) mass is 325 g/mol. The summed E-state index contributed by atoms with van der Waals surface area (Å²) in [6, 6.07) is 8.59. The van der Waals surface area contributed by atoms with E-state index in [1.165, 1.54) is 0 Å². The minimum atomic E-state index is -5.07. The smallest absolute Gasteiger partial charge is 0.309 e. The molecule has 0 heterocycles. The van der Waals surface area contributed by atoms with Crippen LogP contribution in [-0.2, 0) is 9.63 Å². The summed E-state index contributed by atoms with van der Waals surface area (Å²) in [6.07, 6.45) is -0.925. The second-order valence-corrected chi connectivity index (χ2v) is 4.86. The summed E-state index contributed by atoms with van der Waals surface area (Å²) in [5, 5.41) is 3.40. The van der Waals surface area contributed by atoms with Gasteiger partial charge < -0.3 is 4.84 Å². The maximum atomic E-state index is 12.2. The van der Waals surface area contributed by atoms with Gasteiger partial charge in [0, 0.05) is 0 Å². The van der Waals surface area contributed by atoms with Gasteiger partial charge in [-0.25, -0.2) is 4.79 Å². The minimum absolute atomic E-state index is 0.267. The fourth-order valence-corrected chi connectivity index (χ4v) is 1.75. The Morgan fingerprint density at radius 3 is 2.39 bits per heavy atom. The summed E-state index contributed by atoms with van der Waals surface area (Å²) >= 11 is 0. The molecule has 0 unspecified atom stereocenters. The Hall–Kier alpha value is -2.37. The Morgan fingerprint density at radius 1 is 1.17 bits per heavy atom. The van der Waals surface area contributed by atoms with Crippen LogP contribution < -0.4 is 0 Å².